The van der Waals surface area contributed by atoms with Crippen LogP contribution in [-0.2, 0) is 0 Å². The zero-order valence-electron chi connectivity index (χ0n) is 13.2. The average Bonchev–Trinajstić information content (AvgIpc) is 3.08. The minimum Gasteiger partial charge on any atom is -0.508 e. The number of hydrogen-bond donors (Lipinski definition) is 2. The largest absolute Gasteiger partial charge is 0.508 e. The van der Waals surface area contributed by atoms with E-state index in [1.807, 2.05) is 48.5 Å². The lowest BCUT2D eigenvalue weighted by Gasteiger charge is -2.09. The minimum atomic E-state index is 0.226. The van der Waals surface area contributed by atoms with E-state index in [2.05, 4.69) is 0 Å². The highest BCUT2D eigenvalue weighted by Gasteiger charge is 2.17. The molecule has 0 bridgehead atoms. The monoisotopic (exact) mass is 326 g/mol. The van der Waals surface area contributed by atoms with Gasteiger partial charge in [-0.25, -0.2) is 0 Å². The topological polar surface area (TPSA) is 53.6 Å². The molecule has 25 heavy (non-hydrogen) atoms. The van der Waals surface area contributed by atoms with Crippen molar-refractivity contribution >= 4 is 32.5 Å². The first kappa shape index (κ1) is 13.9. The van der Waals surface area contributed by atoms with Gasteiger partial charge in [0.25, 0.3) is 0 Å². The molecule has 2 N–H and O–H groups in total. The smallest absolute Gasteiger partial charge is 0.142 e. The van der Waals surface area contributed by atoms with E-state index in [9.17, 15) is 10.2 Å². The van der Waals surface area contributed by atoms with Gasteiger partial charge in [-0.1, -0.05) is 48.5 Å². The number of benzene rings is 4. The van der Waals surface area contributed by atoms with Crippen LogP contribution in [0.25, 0.3) is 43.6 Å². The Balaban J connectivity index is 2.03. The van der Waals surface area contributed by atoms with Crippen molar-refractivity contribution in [3.63, 3.8) is 0 Å². The number of phenolic OH excluding ortho intramolecular Hbond substituents is 2. The van der Waals surface area contributed by atoms with Crippen molar-refractivity contribution in [2.45, 2.75) is 0 Å². The molecule has 0 spiro atoms. The summed E-state index contributed by atoms with van der Waals surface area (Å²) in [4.78, 5) is 0. The van der Waals surface area contributed by atoms with Crippen LogP contribution in [0.15, 0.2) is 77.4 Å². The Morgan fingerprint density at radius 3 is 2.16 bits per heavy atom. The van der Waals surface area contributed by atoms with E-state index < -0.39 is 0 Å². The van der Waals surface area contributed by atoms with Crippen molar-refractivity contribution < 1.29 is 14.6 Å². The molecular formula is C22H14O3. The molecule has 0 radical (unpaired) electrons. The standard InChI is InChI=1S/C22H14O3/c23-14-10-8-13(9-11-14)18-12-25-22-16-5-2-1-4-15(16)20-17(21(18)22)6-3-7-19(20)24/h1-12,23-24H. The fourth-order valence-electron chi connectivity index (χ4n) is 3.61. The first-order valence-corrected chi connectivity index (χ1v) is 8.07. The third-order valence-electron chi connectivity index (χ3n) is 4.72. The molecule has 0 fully saturated rings. The first-order chi connectivity index (χ1) is 12.2. The second-order valence-electron chi connectivity index (χ2n) is 6.15. The second kappa shape index (κ2) is 5.02. The minimum absolute atomic E-state index is 0.226. The van der Waals surface area contributed by atoms with Crippen molar-refractivity contribution in [1.29, 1.82) is 0 Å². The predicted octanol–water partition coefficient (Wildman–Crippen LogP) is 5.82. The van der Waals surface area contributed by atoms with Crippen molar-refractivity contribution in [2.75, 3.05) is 0 Å². The number of furan rings is 1. The number of aromatic hydroxyl groups is 2. The molecule has 5 aromatic rings. The molecule has 0 atom stereocenters. The van der Waals surface area contributed by atoms with Crippen molar-refractivity contribution in [3.8, 4) is 22.6 Å². The summed E-state index contributed by atoms with van der Waals surface area (Å²) in [5.41, 5.74) is 2.70. The van der Waals surface area contributed by atoms with E-state index in [1.54, 1.807) is 24.5 Å². The van der Waals surface area contributed by atoms with Gasteiger partial charge in [0.2, 0.25) is 0 Å². The van der Waals surface area contributed by atoms with Crippen LogP contribution in [0.5, 0.6) is 11.5 Å². The van der Waals surface area contributed by atoms with Crippen LogP contribution in [0.2, 0.25) is 0 Å². The fourth-order valence-corrected chi connectivity index (χ4v) is 3.61. The molecule has 0 aliphatic carbocycles. The summed E-state index contributed by atoms with van der Waals surface area (Å²) in [6.07, 6.45) is 1.74. The summed E-state index contributed by atoms with van der Waals surface area (Å²) in [5, 5.41) is 24.7. The van der Waals surface area contributed by atoms with Crippen LogP contribution in [0.3, 0.4) is 0 Å². The molecule has 120 valence electrons. The Morgan fingerprint density at radius 2 is 1.36 bits per heavy atom. The SMILES string of the molecule is Oc1ccc(-c2coc3c4ccccc4c4c(O)cccc4c23)cc1. The summed E-state index contributed by atoms with van der Waals surface area (Å²) in [5.74, 6) is 0.484. The van der Waals surface area contributed by atoms with E-state index >= 15 is 0 Å². The summed E-state index contributed by atoms with van der Waals surface area (Å²) < 4.78 is 5.95. The van der Waals surface area contributed by atoms with Gasteiger partial charge in [0, 0.05) is 21.7 Å². The molecule has 5 rings (SSSR count). The maximum Gasteiger partial charge on any atom is 0.142 e. The molecule has 0 saturated carbocycles. The Morgan fingerprint density at radius 1 is 0.640 bits per heavy atom. The van der Waals surface area contributed by atoms with Gasteiger partial charge in [0.15, 0.2) is 0 Å². The molecule has 3 nitrogen and oxygen atoms in total. The molecule has 1 heterocycles. The maximum atomic E-state index is 10.5. The van der Waals surface area contributed by atoms with Crippen molar-refractivity contribution in [1.82, 2.24) is 0 Å². The van der Waals surface area contributed by atoms with E-state index in [-0.39, 0.29) is 11.5 Å². The lowest BCUT2D eigenvalue weighted by Crippen LogP contribution is -1.83. The predicted molar refractivity (Wildman–Crippen MR) is 100.0 cm³/mol. The van der Waals surface area contributed by atoms with Crippen LogP contribution in [0.1, 0.15) is 0 Å². The Kier molecular flexibility index (Phi) is 2.80. The van der Waals surface area contributed by atoms with Gasteiger partial charge in [-0.3, -0.25) is 0 Å². The van der Waals surface area contributed by atoms with E-state index in [0.29, 0.717) is 0 Å². The Labute approximate surface area is 143 Å². The van der Waals surface area contributed by atoms with E-state index in [1.165, 1.54) is 0 Å². The third-order valence-corrected chi connectivity index (χ3v) is 4.72. The third kappa shape index (κ3) is 1.93. The molecular weight excluding hydrogens is 312 g/mol. The Hall–Kier alpha value is -3.46. The summed E-state index contributed by atoms with van der Waals surface area (Å²) >= 11 is 0. The van der Waals surface area contributed by atoms with Gasteiger partial charge in [0.05, 0.1) is 6.26 Å². The molecule has 1 aromatic heterocycles. The fraction of sp³-hybridized carbons (Fsp3) is 0. The van der Waals surface area contributed by atoms with Crippen LogP contribution in [-0.4, -0.2) is 10.2 Å². The molecule has 0 aliphatic heterocycles. The van der Waals surface area contributed by atoms with E-state index in [0.717, 1.165) is 43.6 Å². The van der Waals surface area contributed by atoms with Gasteiger partial charge < -0.3 is 14.6 Å². The molecule has 0 amide bonds. The summed E-state index contributed by atoms with van der Waals surface area (Å²) in [7, 11) is 0. The number of rotatable bonds is 1. The summed E-state index contributed by atoms with van der Waals surface area (Å²) in [6.45, 7) is 0. The van der Waals surface area contributed by atoms with Gasteiger partial charge in [-0.15, -0.1) is 0 Å². The lowest BCUT2D eigenvalue weighted by atomic mass is 9.94. The normalized spacial score (nSPS) is 11.5. The number of fused-ring (bicyclic) bond motifs is 6. The van der Waals surface area contributed by atoms with Gasteiger partial charge in [-0.05, 0) is 34.5 Å². The number of hydrogen-bond acceptors (Lipinski definition) is 3. The van der Waals surface area contributed by atoms with E-state index in [4.69, 9.17) is 4.42 Å². The van der Waals surface area contributed by atoms with Gasteiger partial charge in [-0.2, -0.15) is 0 Å². The highest BCUT2D eigenvalue weighted by atomic mass is 16.3. The van der Waals surface area contributed by atoms with Crippen molar-refractivity contribution in [3.05, 3.63) is 73.0 Å². The Bertz CT molecular complexity index is 1250. The molecule has 0 aliphatic rings. The first-order valence-electron chi connectivity index (χ1n) is 8.07. The highest BCUT2D eigenvalue weighted by Crippen LogP contribution is 2.43. The average molecular weight is 326 g/mol. The molecule has 4 aromatic carbocycles. The maximum absolute atomic E-state index is 10.5. The zero-order valence-corrected chi connectivity index (χ0v) is 13.2. The van der Waals surface area contributed by atoms with Gasteiger partial charge in [0.1, 0.15) is 17.1 Å². The zero-order chi connectivity index (χ0) is 17.0. The highest BCUT2D eigenvalue weighted by molar-refractivity contribution is 6.28. The van der Waals surface area contributed by atoms with Crippen molar-refractivity contribution in [2.24, 2.45) is 0 Å². The summed E-state index contributed by atoms with van der Waals surface area (Å²) in [6, 6.07) is 20.5. The van der Waals surface area contributed by atoms with Crippen LogP contribution >= 0.6 is 0 Å². The lowest BCUT2D eigenvalue weighted by molar-refractivity contribution is 0.475. The molecule has 0 unspecified atom stereocenters. The second-order valence-corrected chi connectivity index (χ2v) is 6.15. The quantitative estimate of drug-likeness (QED) is 0.382. The van der Waals surface area contributed by atoms with Crippen LogP contribution in [0.4, 0.5) is 0 Å². The number of phenols is 2. The molecule has 0 saturated heterocycles. The van der Waals surface area contributed by atoms with Crippen LogP contribution in [0, 0.1) is 0 Å². The van der Waals surface area contributed by atoms with Gasteiger partial charge >= 0.3 is 0 Å². The van der Waals surface area contributed by atoms with Crippen LogP contribution < -0.4 is 0 Å². The molecule has 3 heteroatoms.